The molecule has 0 spiro atoms. The van der Waals surface area contributed by atoms with Crippen molar-refractivity contribution >= 4 is 17.3 Å². The first-order valence-corrected chi connectivity index (χ1v) is 6.79. The van der Waals surface area contributed by atoms with Gasteiger partial charge in [0.2, 0.25) is 0 Å². The summed E-state index contributed by atoms with van der Waals surface area (Å²) < 4.78 is 0. The maximum Gasteiger partial charge on any atom is 0.288 e. The molecule has 114 valence electrons. The minimum Gasteiger partial charge on any atom is -0.409 e. The van der Waals surface area contributed by atoms with Crippen LogP contribution in [0.4, 0.5) is 11.5 Å². The number of amidine groups is 1. The summed E-state index contributed by atoms with van der Waals surface area (Å²) >= 11 is 0. The van der Waals surface area contributed by atoms with Crippen LogP contribution in [-0.2, 0) is 0 Å². The van der Waals surface area contributed by atoms with E-state index < -0.39 is 4.92 Å². The largest absolute Gasteiger partial charge is 0.409 e. The Morgan fingerprint density at radius 3 is 2.67 bits per heavy atom. The molecule has 1 aromatic heterocycles. The summed E-state index contributed by atoms with van der Waals surface area (Å²) in [6, 6.07) is 1.29. The Labute approximate surface area is 122 Å². The minimum atomic E-state index is -0.549. The van der Waals surface area contributed by atoms with Crippen molar-refractivity contribution in [3.05, 3.63) is 27.9 Å². The van der Waals surface area contributed by atoms with Crippen molar-refractivity contribution in [2.24, 2.45) is 22.7 Å². The molecular weight excluding hydrogens is 274 g/mol. The lowest BCUT2D eigenvalue weighted by Crippen LogP contribution is -2.40. The molecule has 8 nitrogen and oxygen atoms in total. The Morgan fingerprint density at radius 2 is 2.14 bits per heavy atom. The predicted octanol–water partition coefficient (Wildman–Crippen LogP) is 1.57. The van der Waals surface area contributed by atoms with Crippen molar-refractivity contribution in [3.63, 3.8) is 0 Å². The van der Waals surface area contributed by atoms with Crippen LogP contribution in [0.15, 0.2) is 17.4 Å². The average molecular weight is 293 g/mol. The third-order valence-corrected chi connectivity index (χ3v) is 3.62. The van der Waals surface area contributed by atoms with Crippen LogP contribution in [-0.4, -0.2) is 34.0 Å². The second kappa shape index (κ2) is 5.94. The summed E-state index contributed by atoms with van der Waals surface area (Å²) in [5.74, 6) is 1.33. The van der Waals surface area contributed by atoms with Crippen molar-refractivity contribution in [1.29, 1.82) is 0 Å². The summed E-state index contributed by atoms with van der Waals surface area (Å²) in [6.45, 7) is 5.89. The SMILES string of the molecule is CC1CC(C)CN(c2ncc([N+](=O)[O-])cc2C(N)=NO)C1. The van der Waals surface area contributed by atoms with E-state index in [0.29, 0.717) is 17.7 Å². The molecule has 1 aromatic rings. The molecule has 3 N–H and O–H groups in total. The third-order valence-electron chi connectivity index (χ3n) is 3.62. The second-order valence-electron chi connectivity index (χ2n) is 5.66. The van der Waals surface area contributed by atoms with Gasteiger partial charge in [-0.3, -0.25) is 10.1 Å². The summed E-state index contributed by atoms with van der Waals surface area (Å²) in [5, 5.41) is 22.7. The van der Waals surface area contributed by atoms with Crippen LogP contribution < -0.4 is 10.6 Å². The van der Waals surface area contributed by atoms with Crippen LogP contribution in [0.3, 0.4) is 0 Å². The van der Waals surface area contributed by atoms with Crippen molar-refractivity contribution in [1.82, 2.24) is 4.98 Å². The van der Waals surface area contributed by atoms with Crippen LogP contribution in [0, 0.1) is 22.0 Å². The molecule has 0 amide bonds. The van der Waals surface area contributed by atoms with Crippen molar-refractivity contribution in [2.75, 3.05) is 18.0 Å². The molecule has 1 saturated heterocycles. The van der Waals surface area contributed by atoms with Crippen molar-refractivity contribution in [2.45, 2.75) is 20.3 Å². The molecule has 0 radical (unpaired) electrons. The lowest BCUT2D eigenvalue weighted by Gasteiger charge is -2.36. The van der Waals surface area contributed by atoms with Gasteiger partial charge in [0.25, 0.3) is 5.69 Å². The second-order valence-corrected chi connectivity index (χ2v) is 5.66. The maximum atomic E-state index is 10.9. The molecule has 1 fully saturated rings. The number of nitrogens with zero attached hydrogens (tertiary/aromatic N) is 4. The van der Waals surface area contributed by atoms with Gasteiger partial charge in [-0.2, -0.15) is 0 Å². The molecule has 1 aliphatic heterocycles. The smallest absolute Gasteiger partial charge is 0.288 e. The van der Waals surface area contributed by atoms with Crippen molar-refractivity contribution in [3.8, 4) is 0 Å². The normalized spacial score (nSPS) is 23.1. The molecule has 8 heteroatoms. The highest BCUT2D eigenvalue weighted by Crippen LogP contribution is 2.29. The Kier molecular flexibility index (Phi) is 4.25. The Balaban J connectivity index is 2.44. The zero-order valence-electron chi connectivity index (χ0n) is 12.1. The number of piperidine rings is 1. The van der Waals surface area contributed by atoms with Crippen LogP contribution in [0.25, 0.3) is 0 Å². The first-order valence-electron chi connectivity index (χ1n) is 6.79. The number of nitrogens with two attached hydrogens (primary N) is 1. The number of oxime groups is 1. The van der Waals surface area contributed by atoms with E-state index in [1.165, 1.54) is 12.3 Å². The Bertz CT molecular complexity index is 565. The Hall–Kier alpha value is -2.38. The van der Waals surface area contributed by atoms with E-state index in [0.717, 1.165) is 19.5 Å². The number of rotatable bonds is 3. The van der Waals surface area contributed by atoms with Gasteiger partial charge in [-0.25, -0.2) is 4.98 Å². The monoisotopic (exact) mass is 293 g/mol. The predicted molar refractivity (Wildman–Crippen MR) is 78.6 cm³/mol. The number of hydrogen-bond acceptors (Lipinski definition) is 6. The third kappa shape index (κ3) is 3.21. The molecule has 2 heterocycles. The zero-order chi connectivity index (χ0) is 15.6. The highest BCUT2D eigenvalue weighted by Gasteiger charge is 2.26. The topological polar surface area (TPSA) is 118 Å². The van der Waals surface area contributed by atoms with Gasteiger partial charge in [-0.15, -0.1) is 0 Å². The molecule has 0 aromatic carbocycles. The number of anilines is 1. The van der Waals surface area contributed by atoms with E-state index in [9.17, 15) is 10.1 Å². The molecule has 0 aliphatic carbocycles. The molecule has 2 unspecified atom stereocenters. The lowest BCUT2D eigenvalue weighted by molar-refractivity contribution is -0.385. The van der Waals surface area contributed by atoms with Gasteiger partial charge in [0.15, 0.2) is 5.84 Å². The Morgan fingerprint density at radius 1 is 1.52 bits per heavy atom. The lowest BCUT2D eigenvalue weighted by atomic mass is 9.91. The number of hydrogen-bond donors (Lipinski definition) is 2. The molecular formula is C13H19N5O3. The summed E-state index contributed by atoms with van der Waals surface area (Å²) in [7, 11) is 0. The standard InChI is InChI=1S/C13H19N5O3/c1-8-3-9(2)7-17(6-8)13-11(12(14)16-19)4-10(5-15-13)18(20)21/h4-5,8-9,19H,3,6-7H2,1-2H3,(H2,14,16). The summed E-state index contributed by atoms with van der Waals surface area (Å²) in [6.07, 6.45) is 2.33. The molecule has 0 bridgehead atoms. The van der Waals surface area contributed by atoms with Crippen LogP contribution in [0.2, 0.25) is 0 Å². The minimum absolute atomic E-state index is 0.174. The molecule has 2 rings (SSSR count). The van der Waals surface area contributed by atoms with Crippen LogP contribution in [0.1, 0.15) is 25.8 Å². The molecule has 2 atom stereocenters. The fraction of sp³-hybridized carbons (Fsp3) is 0.538. The zero-order valence-corrected chi connectivity index (χ0v) is 12.1. The van der Waals surface area contributed by atoms with Gasteiger partial charge in [0.05, 0.1) is 10.5 Å². The number of pyridine rings is 1. The first kappa shape index (κ1) is 15.0. The van der Waals surface area contributed by atoms with Gasteiger partial charge >= 0.3 is 0 Å². The highest BCUT2D eigenvalue weighted by atomic mass is 16.6. The quantitative estimate of drug-likeness (QED) is 0.287. The fourth-order valence-corrected chi connectivity index (χ4v) is 2.88. The van der Waals surface area contributed by atoms with E-state index in [1.54, 1.807) is 0 Å². The summed E-state index contributed by atoms with van der Waals surface area (Å²) in [5.41, 5.74) is 5.75. The molecule has 0 saturated carbocycles. The van der Waals surface area contributed by atoms with Gasteiger partial charge < -0.3 is 15.8 Å². The first-order chi connectivity index (χ1) is 9.92. The van der Waals surface area contributed by atoms with Crippen LogP contribution >= 0.6 is 0 Å². The fourth-order valence-electron chi connectivity index (χ4n) is 2.88. The van der Waals surface area contributed by atoms with Crippen LogP contribution in [0.5, 0.6) is 0 Å². The molecule has 1 aliphatic rings. The maximum absolute atomic E-state index is 10.9. The van der Waals surface area contributed by atoms with E-state index in [-0.39, 0.29) is 17.1 Å². The average Bonchev–Trinajstić information content (AvgIpc) is 2.44. The van der Waals surface area contributed by atoms with E-state index >= 15 is 0 Å². The molecule has 21 heavy (non-hydrogen) atoms. The highest BCUT2D eigenvalue weighted by molar-refractivity contribution is 6.02. The van der Waals surface area contributed by atoms with Gasteiger partial charge in [-0.1, -0.05) is 19.0 Å². The van der Waals surface area contributed by atoms with E-state index in [1.807, 2.05) is 4.90 Å². The number of aromatic nitrogens is 1. The van der Waals surface area contributed by atoms with Gasteiger partial charge in [-0.05, 0) is 18.3 Å². The van der Waals surface area contributed by atoms with E-state index in [4.69, 9.17) is 10.9 Å². The number of nitro groups is 1. The summed E-state index contributed by atoms with van der Waals surface area (Å²) in [4.78, 5) is 16.5. The van der Waals surface area contributed by atoms with Gasteiger partial charge in [0, 0.05) is 19.2 Å². The van der Waals surface area contributed by atoms with Crippen molar-refractivity contribution < 1.29 is 10.1 Å². The van der Waals surface area contributed by atoms with E-state index in [2.05, 4.69) is 24.0 Å². The van der Waals surface area contributed by atoms with Gasteiger partial charge in [0.1, 0.15) is 12.0 Å².